The smallest absolute Gasteiger partial charge is 0.262 e. The fourth-order valence-electron chi connectivity index (χ4n) is 2.70. The average Bonchev–Trinajstić information content (AvgIpc) is 2.57. The molecule has 2 aromatic carbocycles. The summed E-state index contributed by atoms with van der Waals surface area (Å²) in [6, 6.07) is 12.6. The summed E-state index contributed by atoms with van der Waals surface area (Å²) in [6.45, 7) is 3.65. The summed E-state index contributed by atoms with van der Waals surface area (Å²) in [4.78, 5) is 30.0. The lowest BCUT2D eigenvalue weighted by atomic mass is 10.1. The molecule has 7 heteroatoms. The molecule has 0 aliphatic heterocycles. The van der Waals surface area contributed by atoms with Crippen molar-refractivity contribution in [2.24, 2.45) is 0 Å². The number of halogens is 2. The number of hydrogen-bond donors (Lipinski definition) is 1. The van der Waals surface area contributed by atoms with Gasteiger partial charge in [0.2, 0.25) is 5.91 Å². The summed E-state index contributed by atoms with van der Waals surface area (Å²) in [7, 11) is 0. The van der Waals surface area contributed by atoms with Crippen molar-refractivity contribution < 1.29 is 4.79 Å². The Morgan fingerprint density at radius 2 is 2.04 bits per heavy atom. The van der Waals surface area contributed by atoms with E-state index >= 15 is 0 Å². The predicted molar refractivity (Wildman–Crippen MR) is 112 cm³/mol. The molecule has 0 aliphatic rings. The van der Waals surface area contributed by atoms with Crippen LogP contribution in [0.2, 0.25) is 5.02 Å². The number of fused-ring (bicyclic) bond motifs is 1. The fourth-order valence-corrected chi connectivity index (χ4v) is 3.38. The number of nitrogens with one attached hydrogen (secondary N) is 1. The lowest BCUT2D eigenvalue weighted by molar-refractivity contribution is -0.122. The van der Waals surface area contributed by atoms with E-state index in [0.29, 0.717) is 27.3 Å². The van der Waals surface area contributed by atoms with Crippen molar-refractivity contribution in [3.8, 4) is 11.4 Å². The zero-order valence-electron chi connectivity index (χ0n) is 14.3. The van der Waals surface area contributed by atoms with Crippen molar-refractivity contribution >= 4 is 51.0 Å². The predicted octanol–water partition coefficient (Wildman–Crippen LogP) is 3.85. The van der Waals surface area contributed by atoms with Gasteiger partial charge in [0.15, 0.2) is 0 Å². The van der Waals surface area contributed by atoms with Gasteiger partial charge in [-0.3, -0.25) is 14.2 Å². The number of benzene rings is 2. The second-order valence-electron chi connectivity index (χ2n) is 6.22. The summed E-state index contributed by atoms with van der Waals surface area (Å²) in [5.74, 6) is 0.183. The first kappa shape index (κ1) is 18.8. The van der Waals surface area contributed by atoms with Crippen LogP contribution in [-0.2, 0) is 11.3 Å². The first-order chi connectivity index (χ1) is 12.3. The van der Waals surface area contributed by atoms with Gasteiger partial charge in [-0.15, -0.1) is 0 Å². The SMILES string of the molecule is CC(C)NC(=O)Cn1c(-c2cccc(Cl)c2)nc2ccc(I)cc2c1=O. The van der Waals surface area contributed by atoms with Gasteiger partial charge >= 0.3 is 0 Å². The summed E-state index contributed by atoms with van der Waals surface area (Å²) in [6.07, 6.45) is 0. The van der Waals surface area contributed by atoms with Crippen molar-refractivity contribution in [1.29, 1.82) is 0 Å². The maximum Gasteiger partial charge on any atom is 0.262 e. The van der Waals surface area contributed by atoms with Crippen molar-refractivity contribution in [1.82, 2.24) is 14.9 Å². The third kappa shape index (κ3) is 4.07. The average molecular weight is 482 g/mol. The molecule has 1 aromatic heterocycles. The molecule has 0 bridgehead atoms. The largest absolute Gasteiger partial charge is 0.352 e. The van der Waals surface area contributed by atoms with Crippen LogP contribution in [0.1, 0.15) is 13.8 Å². The molecule has 1 N–H and O–H groups in total. The summed E-state index contributed by atoms with van der Waals surface area (Å²) in [5.41, 5.74) is 1.03. The lowest BCUT2D eigenvalue weighted by Crippen LogP contribution is -2.37. The molecule has 134 valence electrons. The summed E-state index contributed by atoms with van der Waals surface area (Å²) >= 11 is 8.25. The van der Waals surface area contributed by atoms with Gasteiger partial charge < -0.3 is 5.32 Å². The van der Waals surface area contributed by atoms with Crippen molar-refractivity contribution in [2.75, 3.05) is 0 Å². The second kappa shape index (κ2) is 7.75. The van der Waals surface area contributed by atoms with Crippen LogP contribution in [0.15, 0.2) is 47.3 Å². The Hall–Kier alpha value is -1.93. The number of rotatable bonds is 4. The van der Waals surface area contributed by atoms with Crippen LogP contribution in [0.25, 0.3) is 22.3 Å². The Bertz CT molecular complexity index is 1050. The quantitative estimate of drug-likeness (QED) is 0.576. The zero-order valence-corrected chi connectivity index (χ0v) is 17.2. The topological polar surface area (TPSA) is 64.0 Å². The lowest BCUT2D eigenvalue weighted by Gasteiger charge is -2.15. The molecule has 0 spiro atoms. The van der Waals surface area contributed by atoms with Gasteiger partial charge in [0.1, 0.15) is 12.4 Å². The van der Waals surface area contributed by atoms with Crippen LogP contribution in [0, 0.1) is 3.57 Å². The Balaban J connectivity index is 2.23. The number of aromatic nitrogens is 2. The van der Waals surface area contributed by atoms with Crippen molar-refractivity contribution in [3.63, 3.8) is 0 Å². The molecule has 1 amide bonds. The van der Waals surface area contributed by atoms with Gasteiger partial charge in [-0.25, -0.2) is 4.98 Å². The highest BCUT2D eigenvalue weighted by atomic mass is 127. The number of carbonyl (C=O) groups excluding carboxylic acids is 1. The standard InChI is InChI=1S/C19H17ClIN3O2/c1-11(2)22-17(25)10-24-18(12-4-3-5-13(20)8-12)23-16-7-6-14(21)9-15(16)19(24)26/h3-9,11H,10H2,1-2H3,(H,22,25). The molecular weight excluding hydrogens is 465 g/mol. The third-order valence-electron chi connectivity index (χ3n) is 3.75. The third-order valence-corrected chi connectivity index (χ3v) is 4.66. The van der Waals surface area contributed by atoms with Gasteiger partial charge in [-0.05, 0) is 66.8 Å². The second-order valence-corrected chi connectivity index (χ2v) is 7.90. The van der Waals surface area contributed by atoms with Gasteiger partial charge in [0, 0.05) is 20.2 Å². The van der Waals surface area contributed by atoms with Crippen LogP contribution >= 0.6 is 34.2 Å². The molecule has 3 aromatic rings. The van der Waals surface area contributed by atoms with Crippen LogP contribution in [-0.4, -0.2) is 21.5 Å². The first-order valence-corrected chi connectivity index (χ1v) is 9.56. The highest BCUT2D eigenvalue weighted by molar-refractivity contribution is 14.1. The Morgan fingerprint density at radius 1 is 1.27 bits per heavy atom. The molecule has 26 heavy (non-hydrogen) atoms. The van der Waals surface area contributed by atoms with Gasteiger partial charge in [0.25, 0.3) is 5.56 Å². The van der Waals surface area contributed by atoms with Crippen LogP contribution < -0.4 is 10.9 Å². The van der Waals surface area contributed by atoms with E-state index in [4.69, 9.17) is 11.6 Å². The zero-order chi connectivity index (χ0) is 18.8. The van der Waals surface area contributed by atoms with E-state index < -0.39 is 0 Å². The summed E-state index contributed by atoms with van der Waals surface area (Å²) < 4.78 is 2.34. The first-order valence-electron chi connectivity index (χ1n) is 8.10. The molecular formula is C19H17ClIN3O2. The maximum atomic E-state index is 13.1. The minimum Gasteiger partial charge on any atom is -0.352 e. The normalized spacial score (nSPS) is 11.1. The molecule has 0 aliphatic carbocycles. The highest BCUT2D eigenvalue weighted by Crippen LogP contribution is 2.23. The molecule has 0 radical (unpaired) electrons. The van der Waals surface area contributed by atoms with Gasteiger partial charge in [-0.2, -0.15) is 0 Å². The number of carbonyl (C=O) groups is 1. The molecule has 0 atom stereocenters. The van der Waals surface area contributed by atoms with Crippen LogP contribution in [0.3, 0.4) is 0 Å². The van der Waals surface area contributed by atoms with E-state index in [0.717, 1.165) is 3.57 Å². The Kier molecular flexibility index (Phi) is 5.62. The fraction of sp³-hybridized carbons (Fsp3) is 0.211. The number of nitrogens with zero attached hydrogens (tertiary/aromatic N) is 2. The van der Waals surface area contributed by atoms with Crippen LogP contribution in [0.4, 0.5) is 0 Å². The molecule has 5 nitrogen and oxygen atoms in total. The van der Waals surface area contributed by atoms with E-state index in [-0.39, 0.29) is 24.1 Å². The van der Waals surface area contributed by atoms with E-state index in [2.05, 4.69) is 32.9 Å². The monoisotopic (exact) mass is 481 g/mol. The van der Waals surface area contributed by atoms with E-state index in [1.807, 2.05) is 32.0 Å². The van der Waals surface area contributed by atoms with Crippen LogP contribution in [0.5, 0.6) is 0 Å². The molecule has 3 rings (SSSR count). The van der Waals surface area contributed by atoms with E-state index in [1.165, 1.54) is 4.57 Å². The molecule has 0 saturated carbocycles. The Morgan fingerprint density at radius 3 is 2.73 bits per heavy atom. The molecule has 0 unspecified atom stereocenters. The summed E-state index contributed by atoms with van der Waals surface area (Å²) in [5, 5.41) is 3.84. The maximum absolute atomic E-state index is 13.1. The van der Waals surface area contributed by atoms with E-state index in [9.17, 15) is 9.59 Å². The Labute approximate surface area is 169 Å². The number of amides is 1. The molecule has 1 heterocycles. The van der Waals surface area contributed by atoms with E-state index in [1.54, 1.807) is 24.3 Å². The minimum atomic E-state index is -0.248. The minimum absolute atomic E-state index is 0.0119. The van der Waals surface area contributed by atoms with Gasteiger partial charge in [-0.1, -0.05) is 23.7 Å². The van der Waals surface area contributed by atoms with Gasteiger partial charge in [0.05, 0.1) is 10.9 Å². The number of hydrogen-bond acceptors (Lipinski definition) is 3. The molecule has 0 saturated heterocycles. The van der Waals surface area contributed by atoms with Crippen molar-refractivity contribution in [2.45, 2.75) is 26.4 Å². The highest BCUT2D eigenvalue weighted by Gasteiger charge is 2.16. The van der Waals surface area contributed by atoms with Crippen molar-refractivity contribution in [3.05, 3.63) is 61.4 Å². The molecule has 0 fully saturated rings.